The second-order valence-corrected chi connectivity index (χ2v) is 8.66. The molecule has 0 heterocycles. The fraction of sp³-hybridized carbons (Fsp3) is 0.310. The zero-order valence-electron chi connectivity index (χ0n) is 20.6. The Labute approximate surface area is 222 Å². The van der Waals surface area contributed by atoms with Gasteiger partial charge in [-0.05, 0) is 78.1 Å². The number of benzene rings is 3. The predicted octanol–water partition coefficient (Wildman–Crippen LogP) is 6.55. The molecule has 3 aromatic carbocycles. The maximum atomic E-state index is 10.4. The van der Waals surface area contributed by atoms with Gasteiger partial charge in [-0.2, -0.15) is 0 Å². The molecule has 1 aliphatic carbocycles. The van der Waals surface area contributed by atoms with Crippen molar-refractivity contribution in [3.05, 3.63) is 81.8 Å². The molecule has 1 unspecified atom stereocenters. The molecular weight excluding hydrogens is 524 g/mol. The topological polar surface area (TPSA) is 66.4 Å². The molecule has 1 atom stereocenters. The molecule has 0 radical (unpaired) electrons. The summed E-state index contributed by atoms with van der Waals surface area (Å²) < 4.78 is 28.0. The van der Waals surface area contributed by atoms with E-state index in [1.807, 2.05) is 60.7 Å². The van der Waals surface area contributed by atoms with Gasteiger partial charge in [0.2, 0.25) is 5.75 Å². The monoisotopic (exact) mass is 558 g/mol. The van der Waals surface area contributed by atoms with Gasteiger partial charge in [-0.3, -0.25) is 0 Å². The SMILES string of the molecule is C.COc1ccc(Br)cc1.COc1ccc(C2=CC(O)CCc3c2cc(OC)c(OC)c3OC)cc1. The van der Waals surface area contributed by atoms with E-state index >= 15 is 0 Å². The summed E-state index contributed by atoms with van der Waals surface area (Å²) in [6.07, 6.45) is 2.63. The van der Waals surface area contributed by atoms with Crippen molar-refractivity contribution in [2.24, 2.45) is 0 Å². The first-order valence-electron chi connectivity index (χ1n) is 11.1. The molecule has 7 heteroatoms. The maximum Gasteiger partial charge on any atom is 0.203 e. The van der Waals surface area contributed by atoms with Crippen molar-refractivity contribution in [1.29, 1.82) is 0 Å². The molecule has 0 saturated heterocycles. The van der Waals surface area contributed by atoms with Gasteiger partial charge in [0.25, 0.3) is 0 Å². The van der Waals surface area contributed by atoms with Crippen LogP contribution < -0.4 is 23.7 Å². The fourth-order valence-electron chi connectivity index (χ4n) is 3.96. The van der Waals surface area contributed by atoms with Crippen LogP contribution in [0.4, 0.5) is 0 Å². The number of rotatable bonds is 6. The molecule has 0 aromatic heterocycles. The van der Waals surface area contributed by atoms with Gasteiger partial charge in [-0.15, -0.1) is 0 Å². The quantitative estimate of drug-likeness (QED) is 0.370. The van der Waals surface area contributed by atoms with Crippen LogP contribution in [0, 0.1) is 0 Å². The van der Waals surface area contributed by atoms with Gasteiger partial charge in [-0.25, -0.2) is 0 Å². The fourth-order valence-corrected chi connectivity index (χ4v) is 4.22. The Bertz CT molecular complexity index is 1140. The number of hydrogen-bond donors (Lipinski definition) is 1. The minimum atomic E-state index is -0.541. The van der Waals surface area contributed by atoms with Crippen LogP contribution in [-0.2, 0) is 6.42 Å². The first-order chi connectivity index (χ1) is 16.9. The van der Waals surface area contributed by atoms with E-state index in [2.05, 4.69) is 15.9 Å². The standard InChI is InChI=1S/C21H24O5.C7H7BrO.CH4/c1-23-15-8-5-13(6-9-15)17-11-14(22)7-10-16-18(17)12-19(24-2)21(26-4)20(16)25-3;1-9-7-4-2-6(8)3-5-7;/h5-6,8-9,11-12,14,22H,7,10H2,1-4H3;2-5H,1H3;1H4. The summed E-state index contributed by atoms with van der Waals surface area (Å²) in [5.41, 5.74) is 3.90. The summed E-state index contributed by atoms with van der Waals surface area (Å²) in [6.45, 7) is 0. The van der Waals surface area contributed by atoms with Gasteiger partial charge in [0.15, 0.2) is 11.5 Å². The lowest BCUT2D eigenvalue weighted by Gasteiger charge is -2.20. The van der Waals surface area contributed by atoms with E-state index in [9.17, 15) is 5.11 Å². The minimum absolute atomic E-state index is 0. The molecule has 0 fully saturated rings. The molecule has 36 heavy (non-hydrogen) atoms. The highest BCUT2D eigenvalue weighted by Gasteiger charge is 2.26. The molecule has 194 valence electrons. The number of hydrogen-bond acceptors (Lipinski definition) is 6. The van der Waals surface area contributed by atoms with Crippen molar-refractivity contribution < 1.29 is 28.8 Å². The van der Waals surface area contributed by atoms with Gasteiger partial charge in [-0.1, -0.05) is 35.5 Å². The van der Waals surface area contributed by atoms with Crippen LogP contribution in [0.5, 0.6) is 28.7 Å². The number of ether oxygens (including phenoxy) is 5. The zero-order chi connectivity index (χ0) is 25.4. The summed E-state index contributed by atoms with van der Waals surface area (Å²) in [4.78, 5) is 0. The second kappa shape index (κ2) is 13.8. The smallest absolute Gasteiger partial charge is 0.203 e. The van der Waals surface area contributed by atoms with E-state index < -0.39 is 6.10 Å². The zero-order valence-corrected chi connectivity index (χ0v) is 22.2. The molecular formula is C29H35BrO6. The highest BCUT2D eigenvalue weighted by atomic mass is 79.9. The highest BCUT2D eigenvalue weighted by molar-refractivity contribution is 9.10. The Morgan fingerprint density at radius 2 is 1.31 bits per heavy atom. The number of methoxy groups -OCH3 is 5. The Morgan fingerprint density at radius 1 is 0.750 bits per heavy atom. The van der Waals surface area contributed by atoms with Crippen molar-refractivity contribution in [3.63, 3.8) is 0 Å². The first-order valence-corrected chi connectivity index (χ1v) is 11.9. The lowest BCUT2D eigenvalue weighted by atomic mass is 9.92. The third-order valence-electron chi connectivity index (χ3n) is 5.72. The van der Waals surface area contributed by atoms with Crippen LogP contribution >= 0.6 is 15.9 Å². The predicted molar refractivity (Wildman–Crippen MR) is 148 cm³/mol. The van der Waals surface area contributed by atoms with Crippen LogP contribution in [0.25, 0.3) is 5.57 Å². The average molecular weight is 559 g/mol. The Kier molecular flexibility index (Phi) is 11.1. The molecule has 3 aromatic rings. The van der Waals surface area contributed by atoms with Crippen LogP contribution in [0.1, 0.15) is 30.5 Å². The molecule has 1 aliphatic rings. The van der Waals surface area contributed by atoms with Gasteiger partial charge >= 0.3 is 0 Å². The second-order valence-electron chi connectivity index (χ2n) is 7.74. The number of aliphatic hydroxyl groups excluding tert-OH is 1. The van der Waals surface area contributed by atoms with Crippen molar-refractivity contribution in [3.8, 4) is 28.7 Å². The van der Waals surface area contributed by atoms with E-state index in [1.165, 1.54) is 0 Å². The summed E-state index contributed by atoms with van der Waals surface area (Å²) in [7, 11) is 8.12. The Morgan fingerprint density at radius 3 is 1.81 bits per heavy atom. The third kappa shape index (κ3) is 6.74. The Hall–Kier alpha value is -3.16. The Balaban J connectivity index is 0.000000386. The van der Waals surface area contributed by atoms with Gasteiger partial charge in [0, 0.05) is 10.0 Å². The van der Waals surface area contributed by atoms with E-state index in [-0.39, 0.29) is 7.43 Å². The first kappa shape index (κ1) is 29.1. The van der Waals surface area contributed by atoms with Crippen LogP contribution in [-0.4, -0.2) is 46.8 Å². The van der Waals surface area contributed by atoms with Crippen LogP contribution in [0.2, 0.25) is 0 Å². The summed E-state index contributed by atoms with van der Waals surface area (Å²) in [5.74, 6) is 3.49. The number of fused-ring (bicyclic) bond motifs is 1. The van der Waals surface area contributed by atoms with E-state index in [4.69, 9.17) is 23.7 Å². The molecule has 0 amide bonds. The van der Waals surface area contributed by atoms with Crippen LogP contribution in [0.15, 0.2) is 65.1 Å². The van der Waals surface area contributed by atoms with Crippen molar-refractivity contribution in [2.45, 2.75) is 26.4 Å². The highest BCUT2D eigenvalue weighted by Crippen LogP contribution is 2.46. The average Bonchev–Trinajstić information content (AvgIpc) is 3.06. The minimum Gasteiger partial charge on any atom is -0.497 e. The number of aliphatic hydroxyl groups is 1. The van der Waals surface area contributed by atoms with E-state index in [0.717, 1.165) is 38.2 Å². The molecule has 6 nitrogen and oxygen atoms in total. The van der Waals surface area contributed by atoms with E-state index in [1.54, 1.807) is 35.5 Å². The molecule has 0 aliphatic heterocycles. The maximum absolute atomic E-state index is 10.4. The van der Waals surface area contributed by atoms with Gasteiger partial charge < -0.3 is 28.8 Å². The largest absolute Gasteiger partial charge is 0.497 e. The lowest BCUT2D eigenvalue weighted by molar-refractivity contribution is 0.214. The third-order valence-corrected chi connectivity index (χ3v) is 6.25. The number of halogens is 1. The van der Waals surface area contributed by atoms with Crippen LogP contribution in [0.3, 0.4) is 0 Å². The van der Waals surface area contributed by atoms with Crippen molar-refractivity contribution in [2.75, 3.05) is 35.5 Å². The summed E-state index contributed by atoms with van der Waals surface area (Å²) >= 11 is 3.32. The van der Waals surface area contributed by atoms with E-state index in [0.29, 0.717) is 30.1 Å². The summed E-state index contributed by atoms with van der Waals surface area (Å²) in [5, 5.41) is 10.4. The molecule has 4 rings (SSSR count). The van der Waals surface area contributed by atoms with Crippen molar-refractivity contribution in [1.82, 2.24) is 0 Å². The summed E-state index contributed by atoms with van der Waals surface area (Å²) in [6, 6.07) is 17.4. The normalized spacial score (nSPS) is 14.0. The van der Waals surface area contributed by atoms with Crippen molar-refractivity contribution >= 4 is 21.5 Å². The molecule has 0 saturated carbocycles. The van der Waals surface area contributed by atoms with Gasteiger partial charge in [0.05, 0.1) is 41.7 Å². The molecule has 0 bridgehead atoms. The van der Waals surface area contributed by atoms with Gasteiger partial charge in [0.1, 0.15) is 11.5 Å². The molecule has 0 spiro atoms. The molecule has 1 N–H and O–H groups in total. The lowest BCUT2D eigenvalue weighted by Crippen LogP contribution is -2.04.